The fourth-order valence-electron chi connectivity index (χ4n) is 4.48. The van der Waals surface area contributed by atoms with Gasteiger partial charge in [-0.1, -0.05) is 24.9 Å². The maximum absolute atomic E-state index is 12.8. The Morgan fingerprint density at radius 2 is 1.83 bits per heavy atom. The van der Waals surface area contributed by atoms with E-state index in [2.05, 4.69) is 11.9 Å². The Hall–Kier alpha value is -2.15. The molecule has 0 spiro atoms. The van der Waals surface area contributed by atoms with Crippen molar-refractivity contribution >= 4 is 29.3 Å². The molecule has 3 rings (SSSR count). The number of nitrogens with two attached hydrogens (primary N) is 1. The lowest BCUT2D eigenvalue weighted by Gasteiger charge is -2.39. The zero-order chi connectivity index (χ0) is 21.0. The first-order valence-electron chi connectivity index (χ1n) is 10.4. The van der Waals surface area contributed by atoms with Crippen LogP contribution in [0.5, 0.6) is 0 Å². The summed E-state index contributed by atoms with van der Waals surface area (Å²) in [5.74, 6) is 0.292. The molecular formula is C21H29ClN4O3. The van der Waals surface area contributed by atoms with Crippen molar-refractivity contribution in [3.63, 3.8) is 0 Å². The number of hydrogen-bond donors (Lipinski definition) is 1. The smallest absolute Gasteiger partial charge is 0.254 e. The molecule has 1 aromatic heterocycles. The van der Waals surface area contributed by atoms with Gasteiger partial charge in [-0.3, -0.25) is 14.4 Å². The zero-order valence-electron chi connectivity index (χ0n) is 16.8. The molecule has 29 heavy (non-hydrogen) atoms. The van der Waals surface area contributed by atoms with Gasteiger partial charge in [-0.2, -0.15) is 0 Å². The van der Waals surface area contributed by atoms with Crippen LogP contribution in [0.2, 0.25) is 5.15 Å². The highest BCUT2D eigenvalue weighted by Gasteiger charge is 2.34. The summed E-state index contributed by atoms with van der Waals surface area (Å²) in [6.45, 7) is 4.60. The average molecular weight is 421 g/mol. The molecule has 0 aliphatic carbocycles. The minimum Gasteiger partial charge on any atom is -0.369 e. The number of primary amides is 1. The summed E-state index contributed by atoms with van der Waals surface area (Å²) >= 11 is 5.91. The lowest BCUT2D eigenvalue weighted by Crippen LogP contribution is -2.46. The molecule has 158 valence electrons. The number of amides is 3. The Balaban J connectivity index is 1.55. The van der Waals surface area contributed by atoms with Crippen LogP contribution >= 0.6 is 11.6 Å². The maximum Gasteiger partial charge on any atom is 0.254 e. The van der Waals surface area contributed by atoms with Gasteiger partial charge in [-0.15, -0.1) is 0 Å². The van der Waals surface area contributed by atoms with Gasteiger partial charge in [0.1, 0.15) is 5.15 Å². The molecule has 2 atom stereocenters. The van der Waals surface area contributed by atoms with E-state index in [1.54, 1.807) is 18.3 Å². The largest absolute Gasteiger partial charge is 0.369 e. The second-order valence-corrected chi connectivity index (χ2v) is 8.48. The predicted molar refractivity (Wildman–Crippen MR) is 110 cm³/mol. The monoisotopic (exact) mass is 420 g/mol. The van der Waals surface area contributed by atoms with Crippen LogP contribution in [-0.4, -0.2) is 58.7 Å². The van der Waals surface area contributed by atoms with Gasteiger partial charge in [-0.05, 0) is 43.2 Å². The third-order valence-corrected chi connectivity index (χ3v) is 6.57. The average Bonchev–Trinajstić information content (AvgIpc) is 2.73. The highest BCUT2D eigenvalue weighted by atomic mass is 35.5. The number of piperidine rings is 2. The molecule has 0 aromatic carbocycles. The van der Waals surface area contributed by atoms with E-state index < -0.39 is 0 Å². The van der Waals surface area contributed by atoms with Crippen molar-refractivity contribution < 1.29 is 14.4 Å². The summed E-state index contributed by atoms with van der Waals surface area (Å²) in [4.78, 5) is 44.6. The Kier molecular flexibility index (Phi) is 7.11. The topological polar surface area (TPSA) is 96.6 Å². The first-order chi connectivity index (χ1) is 13.9. The summed E-state index contributed by atoms with van der Waals surface area (Å²) in [6, 6.07) is 3.27. The van der Waals surface area contributed by atoms with E-state index in [-0.39, 0.29) is 35.5 Å². The van der Waals surface area contributed by atoms with Gasteiger partial charge in [0, 0.05) is 50.3 Å². The molecule has 2 N–H and O–H groups in total. The van der Waals surface area contributed by atoms with Gasteiger partial charge in [0.15, 0.2) is 0 Å². The van der Waals surface area contributed by atoms with Crippen molar-refractivity contribution in [2.45, 2.75) is 39.0 Å². The first kappa shape index (κ1) is 21.6. The van der Waals surface area contributed by atoms with Crippen LogP contribution in [0.3, 0.4) is 0 Å². The molecule has 1 aromatic rings. The molecule has 2 unspecified atom stereocenters. The quantitative estimate of drug-likeness (QED) is 0.739. The Morgan fingerprint density at radius 1 is 1.14 bits per heavy atom. The fourth-order valence-corrected chi connectivity index (χ4v) is 4.66. The molecule has 0 saturated carbocycles. The first-order valence-corrected chi connectivity index (χ1v) is 10.7. The lowest BCUT2D eigenvalue weighted by atomic mass is 9.81. The van der Waals surface area contributed by atoms with E-state index in [1.807, 2.05) is 9.80 Å². The molecule has 3 heterocycles. The lowest BCUT2D eigenvalue weighted by molar-refractivity contribution is -0.136. The van der Waals surface area contributed by atoms with Crippen LogP contribution in [0.4, 0.5) is 0 Å². The second-order valence-electron chi connectivity index (χ2n) is 8.10. The highest BCUT2D eigenvalue weighted by Crippen LogP contribution is 2.31. The number of pyridine rings is 1. The number of nitrogens with zero attached hydrogens (tertiary/aromatic N) is 3. The summed E-state index contributed by atoms with van der Waals surface area (Å²) in [7, 11) is 0. The maximum atomic E-state index is 12.8. The van der Waals surface area contributed by atoms with Crippen molar-refractivity contribution in [3.8, 4) is 0 Å². The second kappa shape index (κ2) is 9.57. The minimum atomic E-state index is -0.268. The molecule has 2 aliphatic heterocycles. The van der Waals surface area contributed by atoms with Crippen molar-refractivity contribution in [1.82, 2.24) is 14.8 Å². The number of halogens is 1. The van der Waals surface area contributed by atoms with Crippen molar-refractivity contribution in [2.75, 3.05) is 26.2 Å². The van der Waals surface area contributed by atoms with Crippen LogP contribution in [0.1, 0.15) is 49.4 Å². The number of hydrogen-bond acceptors (Lipinski definition) is 4. The number of carbonyl (C=O) groups is 3. The number of likely N-dealkylation sites (tertiary alicyclic amines) is 2. The zero-order valence-corrected chi connectivity index (χ0v) is 17.6. The van der Waals surface area contributed by atoms with Crippen LogP contribution in [0.15, 0.2) is 18.3 Å². The molecule has 2 fully saturated rings. The van der Waals surface area contributed by atoms with Crippen molar-refractivity contribution in [1.29, 1.82) is 0 Å². The van der Waals surface area contributed by atoms with E-state index in [9.17, 15) is 14.4 Å². The standard InChI is InChI=1S/C21H29ClN4O3/c1-2-14-13-26(21(29)17-3-7-24-18(22)11-17)10-6-16(14)12-19(27)25-8-4-15(5-9-25)20(23)28/h3,7,11,14-16H,2,4-6,8-10,12-13H2,1H3,(H2,23,28). The van der Waals surface area contributed by atoms with Crippen LogP contribution in [-0.2, 0) is 9.59 Å². The van der Waals surface area contributed by atoms with E-state index in [4.69, 9.17) is 17.3 Å². The SMILES string of the molecule is CCC1CN(C(=O)c2ccnc(Cl)c2)CCC1CC(=O)N1CCC(C(N)=O)CC1. The van der Waals surface area contributed by atoms with E-state index >= 15 is 0 Å². The Bertz CT molecular complexity index is 764. The molecule has 8 heteroatoms. The van der Waals surface area contributed by atoms with E-state index in [0.717, 1.165) is 12.8 Å². The molecule has 3 amide bonds. The normalized spacial score (nSPS) is 23.1. The molecule has 0 bridgehead atoms. The minimum absolute atomic E-state index is 0.0361. The van der Waals surface area contributed by atoms with Crippen LogP contribution < -0.4 is 5.73 Å². The van der Waals surface area contributed by atoms with E-state index in [0.29, 0.717) is 56.2 Å². The van der Waals surface area contributed by atoms with Gasteiger partial charge in [0.05, 0.1) is 0 Å². The van der Waals surface area contributed by atoms with Crippen LogP contribution in [0, 0.1) is 17.8 Å². The predicted octanol–water partition coefficient (Wildman–Crippen LogP) is 2.34. The van der Waals surface area contributed by atoms with Crippen LogP contribution in [0.25, 0.3) is 0 Å². The molecule has 2 saturated heterocycles. The third kappa shape index (κ3) is 5.26. The van der Waals surface area contributed by atoms with Gasteiger partial charge in [0.2, 0.25) is 11.8 Å². The van der Waals surface area contributed by atoms with Gasteiger partial charge < -0.3 is 15.5 Å². The Morgan fingerprint density at radius 3 is 2.45 bits per heavy atom. The van der Waals surface area contributed by atoms with Gasteiger partial charge in [-0.25, -0.2) is 4.98 Å². The van der Waals surface area contributed by atoms with Crippen molar-refractivity contribution in [3.05, 3.63) is 29.0 Å². The highest BCUT2D eigenvalue weighted by molar-refractivity contribution is 6.29. The molecule has 7 nitrogen and oxygen atoms in total. The molecule has 2 aliphatic rings. The number of carbonyl (C=O) groups excluding carboxylic acids is 3. The number of rotatable bonds is 5. The van der Waals surface area contributed by atoms with E-state index in [1.165, 1.54) is 0 Å². The number of aromatic nitrogens is 1. The summed E-state index contributed by atoms with van der Waals surface area (Å²) in [6.07, 6.45) is 5.08. The van der Waals surface area contributed by atoms with Gasteiger partial charge >= 0.3 is 0 Å². The fraction of sp³-hybridized carbons (Fsp3) is 0.619. The summed E-state index contributed by atoms with van der Waals surface area (Å²) in [5, 5.41) is 0.309. The molecular weight excluding hydrogens is 392 g/mol. The van der Waals surface area contributed by atoms with Crippen molar-refractivity contribution in [2.24, 2.45) is 23.5 Å². The molecule has 0 radical (unpaired) electrons. The van der Waals surface area contributed by atoms with Gasteiger partial charge in [0.25, 0.3) is 5.91 Å². The third-order valence-electron chi connectivity index (χ3n) is 6.36. The Labute approximate surface area is 176 Å². The summed E-state index contributed by atoms with van der Waals surface area (Å²) in [5.41, 5.74) is 5.92. The summed E-state index contributed by atoms with van der Waals surface area (Å²) < 4.78 is 0.